The fourth-order valence-corrected chi connectivity index (χ4v) is 3.77. The van der Waals surface area contributed by atoms with E-state index in [2.05, 4.69) is 36.1 Å². The number of aryl methyl sites for hydroxylation is 1. The van der Waals surface area contributed by atoms with Gasteiger partial charge in [0.05, 0.1) is 0 Å². The van der Waals surface area contributed by atoms with E-state index in [1.807, 2.05) is 31.2 Å². The van der Waals surface area contributed by atoms with Crippen molar-refractivity contribution < 1.29 is 19.6 Å². The maximum atomic E-state index is 12.2. The summed E-state index contributed by atoms with van der Waals surface area (Å²) >= 11 is 1.28. The summed E-state index contributed by atoms with van der Waals surface area (Å²) in [5.41, 5.74) is 3.07. The minimum absolute atomic E-state index is 0.0398. The van der Waals surface area contributed by atoms with Crippen LogP contribution in [0.4, 0.5) is 23.1 Å². The Morgan fingerprint density at radius 3 is 2.37 bits per heavy atom. The maximum absolute atomic E-state index is 12.2. The maximum Gasteiger partial charge on any atom is 0.243 e. The minimum Gasteiger partial charge on any atom is -0.326 e. The Bertz CT molecular complexity index is 1230. The van der Waals surface area contributed by atoms with E-state index in [-0.39, 0.29) is 30.5 Å². The number of hydrogen-bond donors (Lipinski definition) is 6. The highest BCUT2D eigenvalue weighted by Crippen LogP contribution is 2.31. The topological polar surface area (TPSA) is 174 Å². The average Bonchev–Trinajstić information content (AvgIpc) is 3.61. The van der Waals surface area contributed by atoms with Crippen molar-refractivity contribution >= 4 is 52.6 Å². The molecule has 1 aliphatic rings. The lowest BCUT2D eigenvalue weighted by atomic mass is 10.3. The van der Waals surface area contributed by atoms with E-state index >= 15 is 0 Å². The number of benzene rings is 1. The summed E-state index contributed by atoms with van der Waals surface area (Å²) in [6.45, 7) is 1.87. The van der Waals surface area contributed by atoms with Crippen molar-refractivity contribution in [3.05, 3.63) is 42.1 Å². The van der Waals surface area contributed by atoms with Crippen molar-refractivity contribution in [2.75, 3.05) is 16.0 Å². The van der Waals surface area contributed by atoms with E-state index in [1.54, 1.807) is 12.1 Å². The van der Waals surface area contributed by atoms with Crippen molar-refractivity contribution in [2.24, 2.45) is 5.92 Å². The molecule has 2 aromatic heterocycles. The van der Waals surface area contributed by atoms with Gasteiger partial charge in [-0.1, -0.05) is 0 Å². The molecule has 3 aromatic rings. The highest BCUT2D eigenvalue weighted by molar-refractivity contribution is 7.99. The zero-order chi connectivity index (χ0) is 24.8. The number of hydrogen-bond acceptors (Lipinski definition) is 9. The molecule has 1 fully saturated rings. The third-order valence-corrected chi connectivity index (χ3v) is 5.79. The van der Waals surface area contributed by atoms with Gasteiger partial charge in [0.2, 0.25) is 17.7 Å². The van der Waals surface area contributed by atoms with Crippen LogP contribution >= 0.6 is 11.8 Å². The molecule has 0 radical (unpaired) electrons. The second-order valence-corrected chi connectivity index (χ2v) is 9.00. The Morgan fingerprint density at radius 1 is 1.00 bits per heavy atom. The molecule has 0 aliphatic heterocycles. The third kappa shape index (κ3) is 7.25. The Labute approximate surface area is 204 Å². The van der Waals surface area contributed by atoms with Gasteiger partial charge in [-0.3, -0.25) is 24.7 Å². The van der Waals surface area contributed by atoms with Gasteiger partial charge < -0.3 is 16.0 Å². The molecular formula is C22H24N8O4S. The van der Waals surface area contributed by atoms with Crippen LogP contribution in [0.3, 0.4) is 0 Å². The van der Waals surface area contributed by atoms with Gasteiger partial charge in [0.1, 0.15) is 11.6 Å². The summed E-state index contributed by atoms with van der Waals surface area (Å²) in [4.78, 5) is 45.1. The van der Waals surface area contributed by atoms with E-state index in [0.717, 1.165) is 29.1 Å². The first kappa shape index (κ1) is 24.2. The van der Waals surface area contributed by atoms with Gasteiger partial charge in [-0.25, -0.2) is 15.4 Å². The minimum atomic E-state index is -0.660. The number of aromatic nitrogens is 4. The molecule has 3 amide bonds. The van der Waals surface area contributed by atoms with Crippen LogP contribution in [0.2, 0.25) is 0 Å². The van der Waals surface area contributed by atoms with Crippen molar-refractivity contribution in [3.8, 4) is 0 Å². The molecule has 182 valence electrons. The number of H-pyrrole nitrogens is 1. The molecule has 0 spiro atoms. The van der Waals surface area contributed by atoms with Gasteiger partial charge >= 0.3 is 0 Å². The Balaban J connectivity index is 1.48. The van der Waals surface area contributed by atoms with Gasteiger partial charge in [0.25, 0.3) is 0 Å². The second kappa shape index (κ2) is 11.0. The number of amides is 3. The van der Waals surface area contributed by atoms with Crippen LogP contribution in [-0.2, 0) is 14.4 Å². The van der Waals surface area contributed by atoms with E-state index in [4.69, 9.17) is 5.21 Å². The number of aromatic amines is 1. The zero-order valence-corrected chi connectivity index (χ0v) is 19.6. The fourth-order valence-electron chi connectivity index (χ4n) is 3.00. The van der Waals surface area contributed by atoms with Crippen LogP contribution in [-0.4, -0.2) is 43.1 Å². The molecular weight excluding hydrogens is 472 g/mol. The first-order valence-electron chi connectivity index (χ1n) is 10.9. The van der Waals surface area contributed by atoms with E-state index in [9.17, 15) is 14.4 Å². The summed E-state index contributed by atoms with van der Waals surface area (Å²) in [5.74, 6) is 0.249. The van der Waals surface area contributed by atoms with Crippen LogP contribution in [0.1, 0.15) is 31.4 Å². The highest BCUT2D eigenvalue weighted by Gasteiger charge is 2.29. The normalized spacial score (nSPS) is 12.6. The molecule has 2 heterocycles. The fraction of sp³-hybridized carbons (Fsp3) is 0.273. The van der Waals surface area contributed by atoms with E-state index in [0.29, 0.717) is 16.8 Å². The van der Waals surface area contributed by atoms with Crippen LogP contribution in [0.5, 0.6) is 0 Å². The van der Waals surface area contributed by atoms with Crippen molar-refractivity contribution in [1.82, 2.24) is 25.6 Å². The van der Waals surface area contributed by atoms with Crippen LogP contribution in [0, 0.1) is 12.8 Å². The van der Waals surface area contributed by atoms with E-state index in [1.165, 1.54) is 17.2 Å². The van der Waals surface area contributed by atoms with Crippen molar-refractivity contribution in [1.29, 1.82) is 0 Å². The molecule has 1 aliphatic carbocycles. The molecule has 12 nitrogen and oxygen atoms in total. The largest absolute Gasteiger partial charge is 0.326 e. The summed E-state index contributed by atoms with van der Waals surface area (Å²) < 4.78 is 0. The molecule has 0 unspecified atom stereocenters. The predicted octanol–water partition coefficient (Wildman–Crippen LogP) is 2.98. The molecule has 4 rings (SSSR count). The lowest BCUT2D eigenvalue weighted by molar-refractivity contribution is -0.131. The summed E-state index contributed by atoms with van der Waals surface area (Å²) in [7, 11) is 0. The number of carbonyl (C=O) groups is 3. The summed E-state index contributed by atoms with van der Waals surface area (Å²) in [6.07, 6.45) is 1.57. The van der Waals surface area contributed by atoms with E-state index < -0.39 is 11.8 Å². The molecule has 35 heavy (non-hydrogen) atoms. The van der Waals surface area contributed by atoms with Crippen LogP contribution < -0.4 is 21.4 Å². The third-order valence-electron chi connectivity index (χ3n) is 4.92. The molecule has 0 atom stereocenters. The predicted molar refractivity (Wildman–Crippen MR) is 128 cm³/mol. The molecule has 6 N–H and O–H groups in total. The smallest absolute Gasteiger partial charge is 0.243 e. The van der Waals surface area contributed by atoms with Crippen molar-refractivity contribution in [3.63, 3.8) is 0 Å². The first-order chi connectivity index (χ1) is 16.9. The number of hydroxylamine groups is 1. The Kier molecular flexibility index (Phi) is 7.57. The zero-order valence-electron chi connectivity index (χ0n) is 18.8. The van der Waals surface area contributed by atoms with Gasteiger partial charge in [-0.05, 0) is 55.8 Å². The lowest BCUT2D eigenvalue weighted by Crippen LogP contribution is -2.21. The molecule has 13 heteroatoms. The van der Waals surface area contributed by atoms with Crippen molar-refractivity contribution in [2.45, 2.75) is 42.7 Å². The Morgan fingerprint density at radius 2 is 1.71 bits per heavy atom. The summed E-state index contributed by atoms with van der Waals surface area (Å²) in [6, 6.07) is 10.7. The first-order valence-corrected chi connectivity index (χ1v) is 11.7. The molecule has 1 aromatic carbocycles. The molecule has 0 saturated heterocycles. The lowest BCUT2D eigenvalue weighted by Gasteiger charge is -2.10. The van der Waals surface area contributed by atoms with Gasteiger partial charge in [-0.15, -0.1) is 0 Å². The number of nitrogens with zero attached hydrogens (tertiary/aromatic N) is 3. The average molecular weight is 497 g/mol. The number of carbonyl (C=O) groups excluding carboxylic acids is 3. The van der Waals surface area contributed by atoms with Crippen LogP contribution in [0.15, 0.2) is 46.5 Å². The monoisotopic (exact) mass is 496 g/mol. The molecule has 1 saturated carbocycles. The number of rotatable bonds is 10. The van der Waals surface area contributed by atoms with Crippen LogP contribution in [0.25, 0.3) is 0 Å². The van der Waals surface area contributed by atoms with Gasteiger partial charge in [0.15, 0.2) is 11.0 Å². The number of anilines is 4. The van der Waals surface area contributed by atoms with Gasteiger partial charge in [0, 0.05) is 47.2 Å². The summed E-state index contributed by atoms with van der Waals surface area (Å²) in [5, 5.41) is 24.5. The SMILES string of the molecule is Cc1cc(Nc2cc(NC(=O)CCC(=O)NO)nc(Sc3ccc(NC(=O)C4CC4)cc3)n2)n[nH]1. The highest BCUT2D eigenvalue weighted by atomic mass is 32.2. The standard InChI is InChI=1S/C22H24N8O4S/c1-12-10-18(29-28-12)24-16-11-17(25-19(31)8-9-20(32)30-34)27-22(26-16)35-15-6-4-14(5-7-15)23-21(33)13-2-3-13/h4-7,10-11,13,34H,2-3,8-9H2,1H3,(H,23,33)(H,30,32)(H3,24,25,26,27,28,29,31). The van der Waals surface area contributed by atoms with Gasteiger partial charge in [-0.2, -0.15) is 5.10 Å². The molecule has 0 bridgehead atoms. The second-order valence-electron chi connectivity index (χ2n) is 7.96. The Hall–Kier alpha value is -3.97. The number of nitrogens with one attached hydrogen (secondary N) is 5. The quantitative estimate of drug-likeness (QED) is 0.140.